The number of rotatable bonds is 3. The van der Waals surface area contributed by atoms with Gasteiger partial charge in [0.25, 0.3) is 0 Å². The third-order valence-electron chi connectivity index (χ3n) is 2.94. The van der Waals surface area contributed by atoms with Crippen LogP contribution in [0.5, 0.6) is 0 Å². The van der Waals surface area contributed by atoms with Crippen LogP contribution in [0.15, 0.2) is 11.8 Å². The normalized spacial score (nSPS) is 20.5. The third kappa shape index (κ3) is 3.09. The van der Waals surface area contributed by atoms with E-state index >= 15 is 0 Å². The van der Waals surface area contributed by atoms with E-state index < -0.39 is 8.24 Å². The fourth-order valence-corrected chi connectivity index (χ4v) is 5.27. The van der Waals surface area contributed by atoms with E-state index in [4.69, 9.17) is 4.74 Å². The minimum absolute atomic E-state index is 0.216. The topological polar surface area (TPSA) is 29.5 Å². The van der Waals surface area contributed by atoms with Crippen molar-refractivity contribution in [3.05, 3.63) is 11.8 Å². The van der Waals surface area contributed by atoms with Gasteiger partial charge in [0.05, 0.1) is 6.61 Å². The first-order chi connectivity index (χ1) is 6.97. The van der Waals surface area contributed by atoms with Crippen molar-refractivity contribution in [2.45, 2.75) is 39.4 Å². The van der Waals surface area contributed by atoms with Crippen LogP contribution in [0.25, 0.3) is 0 Å². The number of ether oxygens (including phenoxy) is 1. The molecule has 0 saturated carbocycles. The Morgan fingerprint density at radius 2 is 2.20 bits per heavy atom. The number of hydrogen-bond acceptors (Lipinski definition) is 3. The molecule has 1 aliphatic rings. The Hall–Kier alpha value is -0.773. The molecule has 15 heavy (non-hydrogen) atoms. The standard InChI is InChI=1S/C11H21NO2Si/c1-5-14-11(13)9-10(2)12-7-6-8-15(12,3)4/h9H,5-8H2,1-4H3/b10-9-. The smallest absolute Gasteiger partial charge is 0.332 e. The Balaban J connectivity index is 2.67. The van der Waals surface area contributed by atoms with Crippen molar-refractivity contribution in [2.75, 3.05) is 13.2 Å². The monoisotopic (exact) mass is 227 g/mol. The van der Waals surface area contributed by atoms with E-state index in [2.05, 4.69) is 17.7 Å². The van der Waals surface area contributed by atoms with Crippen LogP contribution in [0.2, 0.25) is 19.1 Å². The Morgan fingerprint density at radius 1 is 1.53 bits per heavy atom. The van der Waals surface area contributed by atoms with Crippen LogP contribution in [-0.2, 0) is 9.53 Å². The largest absolute Gasteiger partial charge is 0.463 e. The van der Waals surface area contributed by atoms with E-state index in [1.165, 1.54) is 12.5 Å². The summed E-state index contributed by atoms with van der Waals surface area (Å²) in [7, 11) is -1.27. The molecule has 0 spiro atoms. The van der Waals surface area contributed by atoms with Gasteiger partial charge in [-0.2, -0.15) is 0 Å². The average molecular weight is 227 g/mol. The van der Waals surface area contributed by atoms with Crippen molar-refractivity contribution in [1.82, 2.24) is 4.57 Å². The highest BCUT2D eigenvalue weighted by Crippen LogP contribution is 2.28. The average Bonchev–Trinajstić information content (AvgIpc) is 2.45. The van der Waals surface area contributed by atoms with E-state index in [0.717, 1.165) is 12.2 Å². The molecule has 3 nitrogen and oxygen atoms in total. The fourth-order valence-electron chi connectivity index (χ4n) is 2.19. The van der Waals surface area contributed by atoms with Crippen molar-refractivity contribution in [3.63, 3.8) is 0 Å². The number of esters is 1. The van der Waals surface area contributed by atoms with Crippen molar-refractivity contribution in [1.29, 1.82) is 0 Å². The maximum atomic E-state index is 11.3. The summed E-state index contributed by atoms with van der Waals surface area (Å²) in [6, 6.07) is 1.32. The van der Waals surface area contributed by atoms with Crippen molar-refractivity contribution < 1.29 is 9.53 Å². The summed E-state index contributed by atoms with van der Waals surface area (Å²) in [5.74, 6) is -0.216. The van der Waals surface area contributed by atoms with Gasteiger partial charge < -0.3 is 9.30 Å². The van der Waals surface area contributed by atoms with Gasteiger partial charge in [-0.1, -0.05) is 13.1 Å². The van der Waals surface area contributed by atoms with E-state index in [0.29, 0.717) is 6.61 Å². The highest BCUT2D eigenvalue weighted by Gasteiger charge is 2.34. The first-order valence-corrected chi connectivity index (χ1v) is 8.75. The molecule has 86 valence electrons. The number of hydrogen-bond donors (Lipinski definition) is 0. The molecule has 1 rings (SSSR count). The summed E-state index contributed by atoms with van der Waals surface area (Å²) in [5, 5.41) is 0. The van der Waals surface area contributed by atoms with Crippen molar-refractivity contribution in [2.24, 2.45) is 0 Å². The van der Waals surface area contributed by atoms with Gasteiger partial charge >= 0.3 is 5.97 Å². The first kappa shape index (κ1) is 12.3. The molecule has 1 heterocycles. The summed E-state index contributed by atoms with van der Waals surface area (Å²) < 4.78 is 7.33. The lowest BCUT2D eigenvalue weighted by molar-refractivity contribution is -0.137. The molecule has 0 aromatic rings. The number of carbonyl (C=O) groups excluding carboxylic acids is 1. The molecule has 0 atom stereocenters. The minimum Gasteiger partial charge on any atom is -0.463 e. The van der Waals surface area contributed by atoms with Gasteiger partial charge in [0.2, 0.25) is 0 Å². The van der Waals surface area contributed by atoms with Gasteiger partial charge in [0, 0.05) is 18.3 Å². The molecule has 0 aromatic heterocycles. The molecule has 4 heteroatoms. The highest BCUT2D eigenvalue weighted by molar-refractivity contribution is 6.75. The molecule has 1 aliphatic heterocycles. The van der Waals surface area contributed by atoms with E-state index in [1.807, 2.05) is 13.8 Å². The molecule has 0 unspecified atom stereocenters. The quantitative estimate of drug-likeness (QED) is 0.421. The van der Waals surface area contributed by atoms with Gasteiger partial charge in [-0.05, 0) is 26.3 Å². The maximum absolute atomic E-state index is 11.3. The summed E-state index contributed by atoms with van der Waals surface area (Å²) >= 11 is 0. The molecule has 0 aromatic carbocycles. The van der Waals surface area contributed by atoms with Gasteiger partial charge in [-0.15, -0.1) is 0 Å². The zero-order chi connectivity index (χ0) is 11.5. The Kier molecular flexibility index (Phi) is 3.96. The van der Waals surface area contributed by atoms with Gasteiger partial charge in [0.15, 0.2) is 0 Å². The molecular weight excluding hydrogens is 206 g/mol. The van der Waals surface area contributed by atoms with Gasteiger partial charge in [-0.25, -0.2) is 4.79 Å². The van der Waals surface area contributed by atoms with Crippen LogP contribution < -0.4 is 0 Å². The molecule has 1 saturated heterocycles. The third-order valence-corrected chi connectivity index (χ3v) is 6.55. The Bertz CT molecular complexity index is 274. The Labute approximate surface area is 93.2 Å². The lowest BCUT2D eigenvalue weighted by Gasteiger charge is -2.32. The molecule has 1 fully saturated rings. The second-order valence-corrected chi connectivity index (χ2v) is 9.27. The molecular formula is C11H21NO2Si. The second kappa shape index (κ2) is 4.83. The molecule has 0 radical (unpaired) electrons. The van der Waals surface area contributed by atoms with E-state index in [1.54, 1.807) is 6.08 Å². The van der Waals surface area contributed by atoms with Crippen LogP contribution in [0.3, 0.4) is 0 Å². The van der Waals surface area contributed by atoms with Crippen molar-refractivity contribution in [3.8, 4) is 0 Å². The number of carbonyl (C=O) groups is 1. The number of nitrogens with zero attached hydrogens (tertiary/aromatic N) is 1. The zero-order valence-corrected chi connectivity index (χ0v) is 11.2. The van der Waals surface area contributed by atoms with Gasteiger partial charge in [-0.3, -0.25) is 0 Å². The first-order valence-electron chi connectivity index (χ1n) is 5.60. The van der Waals surface area contributed by atoms with Crippen LogP contribution in [0, 0.1) is 0 Å². The van der Waals surface area contributed by atoms with Crippen LogP contribution in [0.1, 0.15) is 20.3 Å². The molecule has 0 aliphatic carbocycles. The maximum Gasteiger partial charge on any atom is 0.332 e. The lowest BCUT2D eigenvalue weighted by atomic mass is 10.4. The summed E-state index contributed by atoms with van der Waals surface area (Å²) in [5.41, 5.74) is 1.07. The van der Waals surface area contributed by atoms with Crippen LogP contribution in [0.4, 0.5) is 0 Å². The molecule has 0 amide bonds. The minimum atomic E-state index is -1.27. The predicted octanol–water partition coefficient (Wildman–Crippen LogP) is 2.36. The predicted molar refractivity (Wildman–Crippen MR) is 64.0 cm³/mol. The lowest BCUT2D eigenvalue weighted by Crippen LogP contribution is -2.41. The number of allylic oxidation sites excluding steroid dienone is 1. The van der Waals surface area contributed by atoms with Crippen LogP contribution in [-0.4, -0.2) is 31.9 Å². The van der Waals surface area contributed by atoms with Crippen LogP contribution >= 0.6 is 0 Å². The fraction of sp³-hybridized carbons (Fsp3) is 0.727. The Morgan fingerprint density at radius 3 is 2.67 bits per heavy atom. The zero-order valence-electron chi connectivity index (χ0n) is 10.2. The molecule has 0 bridgehead atoms. The van der Waals surface area contributed by atoms with Gasteiger partial charge in [0.1, 0.15) is 8.24 Å². The van der Waals surface area contributed by atoms with E-state index in [-0.39, 0.29) is 5.97 Å². The molecule has 0 N–H and O–H groups in total. The SMILES string of the molecule is CCOC(=O)/C=C(/C)N1CCC[Si]1(C)C. The summed E-state index contributed by atoms with van der Waals surface area (Å²) in [6.07, 6.45) is 2.89. The summed E-state index contributed by atoms with van der Waals surface area (Å²) in [4.78, 5) is 11.3. The highest BCUT2D eigenvalue weighted by atomic mass is 28.3. The van der Waals surface area contributed by atoms with Crippen molar-refractivity contribution >= 4 is 14.2 Å². The summed E-state index contributed by atoms with van der Waals surface area (Å²) in [6.45, 7) is 10.1. The van der Waals surface area contributed by atoms with E-state index in [9.17, 15) is 4.79 Å². The second-order valence-electron chi connectivity index (χ2n) is 4.61.